The normalized spacial score (nSPS) is 10.5. The Labute approximate surface area is 107 Å². The van der Waals surface area contributed by atoms with Gasteiger partial charge >= 0.3 is 5.97 Å². The Hall–Kier alpha value is -2.37. The molecule has 0 radical (unpaired) electrons. The molecule has 19 heavy (non-hydrogen) atoms. The van der Waals surface area contributed by atoms with Crippen molar-refractivity contribution in [3.8, 4) is 0 Å². The Kier molecular flexibility index (Phi) is 3.50. The highest BCUT2D eigenvalue weighted by Crippen LogP contribution is 2.20. The van der Waals surface area contributed by atoms with Crippen LogP contribution in [0, 0.1) is 18.6 Å². The Bertz CT molecular complexity index is 622. The molecule has 0 atom stereocenters. The van der Waals surface area contributed by atoms with Crippen LogP contribution >= 0.6 is 0 Å². The van der Waals surface area contributed by atoms with Gasteiger partial charge in [-0.15, -0.1) is 0 Å². The van der Waals surface area contributed by atoms with Crippen molar-refractivity contribution in [2.45, 2.75) is 13.5 Å². The topological polar surface area (TPSA) is 62.5 Å². The second kappa shape index (κ2) is 5.09. The molecule has 0 bridgehead atoms. The molecule has 0 aliphatic heterocycles. The molecule has 0 unspecified atom stereocenters. The molecule has 100 valence electrons. The predicted molar refractivity (Wildman–Crippen MR) is 64.1 cm³/mol. The molecule has 0 saturated carbocycles. The number of carboxylic acid groups (broad SMARTS) is 1. The van der Waals surface area contributed by atoms with Crippen LogP contribution in [0.15, 0.2) is 28.7 Å². The maximum atomic E-state index is 13.5. The number of carbonyl (C=O) groups is 1. The lowest BCUT2D eigenvalue weighted by molar-refractivity contribution is 0.0660. The third-order valence-electron chi connectivity index (χ3n) is 2.57. The minimum Gasteiger partial charge on any atom is -0.475 e. The van der Waals surface area contributed by atoms with Crippen molar-refractivity contribution in [2.75, 3.05) is 5.32 Å². The summed E-state index contributed by atoms with van der Waals surface area (Å²) in [6, 6.07) is 4.89. The minimum absolute atomic E-state index is 0.00336. The average molecular weight is 267 g/mol. The van der Waals surface area contributed by atoms with Gasteiger partial charge in [-0.2, -0.15) is 0 Å². The molecular formula is C13H11F2NO3. The number of aromatic carboxylic acids is 1. The number of aryl methyl sites for hydroxylation is 1. The molecule has 2 N–H and O–H groups in total. The summed E-state index contributed by atoms with van der Waals surface area (Å²) in [5, 5.41) is 11.3. The van der Waals surface area contributed by atoms with Crippen molar-refractivity contribution in [3.63, 3.8) is 0 Å². The van der Waals surface area contributed by atoms with Crippen LogP contribution in [0.4, 0.5) is 14.5 Å². The molecule has 2 aromatic rings. The van der Waals surface area contributed by atoms with Crippen LogP contribution in [0.5, 0.6) is 0 Å². The summed E-state index contributed by atoms with van der Waals surface area (Å²) in [4.78, 5) is 10.6. The molecular weight excluding hydrogens is 256 g/mol. The summed E-state index contributed by atoms with van der Waals surface area (Å²) in [6.07, 6.45) is 0. The third-order valence-corrected chi connectivity index (χ3v) is 2.57. The quantitative estimate of drug-likeness (QED) is 0.893. The first-order valence-electron chi connectivity index (χ1n) is 5.49. The van der Waals surface area contributed by atoms with Gasteiger partial charge in [-0.1, -0.05) is 0 Å². The van der Waals surface area contributed by atoms with Crippen LogP contribution in [-0.4, -0.2) is 11.1 Å². The highest BCUT2D eigenvalue weighted by molar-refractivity contribution is 5.84. The van der Waals surface area contributed by atoms with E-state index in [0.717, 1.165) is 12.1 Å². The standard InChI is InChI=1S/C13H11F2NO3/c1-7-4-10(15)11(5-9(7)14)16-6-8-2-3-12(19-8)13(17)18/h2-5,16H,6H2,1H3,(H,17,18). The predicted octanol–water partition coefficient (Wildman–Crippen LogP) is 3.18. The van der Waals surface area contributed by atoms with Crippen LogP contribution in [0.25, 0.3) is 0 Å². The van der Waals surface area contributed by atoms with Crippen molar-refractivity contribution < 1.29 is 23.1 Å². The summed E-state index contributed by atoms with van der Waals surface area (Å²) in [7, 11) is 0. The van der Waals surface area contributed by atoms with Crippen molar-refractivity contribution in [1.82, 2.24) is 0 Å². The van der Waals surface area contributed by atoms with E-state index in [1.54, 1.807) is 0 Å². The number of nitrogens with one attached hydrogen (secondary N) is 1. The number of rotatable bonds is 4. The van der Waals surface area contributed by atoms with E-state index < -0.39 is 17.6 Å². The molecule has 0 spiro atoms. The monoisotopic (exact) mass is 267 g/mol. The van der Waals surface area contributed by atoms with Gasteiger partial charge in [0.05, 0.1) is 12.2 Å². The lowest BCUT2D eigenvalue weighted by Gasteiger charge is -2.07. The SMILES string of the molecule is Cc1cc(F)c(NCc2ccc(C(=O)O)o2)cc1F. The fourth-order valence-electron chi connectivity index (χ4n) is 1.55. The van der Waals surface area contributed by atoms with E-state index in [1.807, 2.05) is 0 Å². The van der Waals surface area contributed by atoms with Gasteiger partial charge in [-0.3, -0.25) is 0 Å². The number of anilines is 1. The van der Waals surface area contributed by atoms with Crippen molar-refractivity contribution in [3.05, 3.63) is 53.0 Å². The molecule has 0 amide bonds. The van der Waals surface area contributed by atoms with Gasteiger partial charge in [0.25, 0.3) is 0 Å². The molecule has 1 aromatic carbocycles. The van der Waals surface area contributed by atoms with Gasteiger partial charge in [0, 0.05) is 6.07 Å². The zero-order valence-corrected chi connectivity index (χ0v) is 10.0. The zero-order chi connectivity index (χ0) is 14.0. The van der Waals surface area contributed by atoms with E-state index in [0.29, 0.717) is 5.76 Å². The van der Waals surface area contributed by atoms with Gasteiger partial charge in [0.1, 0.15) is 17.4 Å². The Balaban J connectivity index is 2.09. The van der Waals surface area contributed by atoms with Gasteiger partial charge in [-0.05, 0) is 30.7 Å². The Morgan fingerprint density at radius 2 is 2.05 bits per heavy atom. The van der Waals surface area contributed by atoms with Gasteiger partial charge in [0.2, 0.25) is 5.76 Å². The third kappa shape index (κ3) is 2.90. The first-order chi connectivity index (χ1) is 8.97. The molecule has 0 fully saturated rings. The van der Waals surface area contributed by atoms with Crippen LogP contribution in [0.3, 0.4) is 0 Å². The number of hydrogen-bond donors (Lipinski definition) is 2. The van der Waals surface area contributed by atoms with E-state index in [4.69, 9.17) is 9.52 Å². The second-order valence-electron chi connectivity index (χ2n) is 4.01. The van der Waals surface area contributed by atoms with Gasteiger partial charge in [-0.25, -0.2) is 13.6 Å². The fraction of sp³-hybridized carbons (Fsp3) is 0.154. The van der Waals surface area contributed by atoms with Crippen molar-refractivity contribution in [1.29, 1.82) is 0 Å². The Morgan fingerprint density at radius 3 is 2.68 bits per heavy atom. The van der Waals surface area contributed by atoms with Gasteiger partial charge < -0.3 is 14.8 Å². The molecule has 0 saturated heterocycles. The molecule has 6 heteroatoms. The number of benzene rings is 1. The Morgan fingerprint density at radius 1 is 1.32 bits per heavy atom. The second-order valence-corrected chi connectivity index (χ2v) is 4.01. The summed E-state index contributed by atoms with van der Waals surface area (Å²) < 4.78 is 31.8. The van der Waals surface area contributed by atoms with Crippen molar-refractivity contribution in [2.24, 2.45) is 0 Å². The molecule has 4 nitrogen and oxygen atoms in total. The highest BCUT2D eigenvalue weighted by atomic mass is 19.1. The molecule has 2 rings (SSSR count). The van der Waals surface area contributed by atoms with E-state index >= 15 is 0 Å². The number of halogens is 2. The number of hydrogen-bond acceptors (Lipinski definition) is 3. The van der Waals surface area contributed by atoms with E-state index in [9.17, 15) is 13.6 Å². The largest absolute Gasteiger partial charge is 0.475 e. The van der Waals surface area contributed by atoms with Crippen molar-refractivity contribution >= 4 is 11.7 Å². The van der Waals surface area contributed by atoms with Crippen LogP contribution in [-0.2, 0) is 6.54 Å². The zero-order valence-electron chi connectivity index (χ0n) is 10.0. The summed E-state index contributed by atoms with van der Waals surface area (Å²) in [6.45, 7) is 1.53. The van der Waals surface area contributed by atoms with Crippen LogP contribution < -0.4 is 5.32 Å². The number of carboxylic acids is 1. The van der Waals surface area contributed by atoms with E-state index in [2.05, 4.69) is 5.32 Å². The molecule has 0 aliphatic rings. The maximum absolute atomic E-state index is 13.5. The lowest BCUT2D eigenvalue weighted by Crippen LogP contribution is -2.02. The molecule has 1 aromatic heterocycles. The first-order valence-corrected chi connectivity index (χ1v) is 5.49. The van der Waals surface area contributed by atoms with Crippen LogP contribution in [0.1, 0.15) is 21.9 Å². The average Bonchev–Trinajstić information content (AvgIpc) is 2.81. The number of furan rings is 1. The maximum Gasteiger partial charge on any atom is 0.371 e. The van der Waals surface area contributed by atoms with Crippen LogP contribution in [0.2, 0.25) is 0 Å². The summed E-state index contributed by atoms with van der Waals surface area (Å²) in [5.41, 5.74) is 0.214. The lowest BCUT2D eigenvalue weighted by atomic mass is 10.2. The van der Waals surface area contributed by atoms with E-state index in [-0.39, 0.29) is 23.6 Å². The summed E-state index contributed by atoms with van der Waals surface area (Å²) >= 11 is 0. The first kappa shape index (κ1) is 13.1. The summed E-state index contributed by atoms with van der Waals surface area (Å²) in [5.74, 6) is -2.16. The van der Waals surface area contributed by atoms with E-state index in [1.165, 1.54) is 19.1 Å². The smallest absolute Gasteiger partial charge is 0.371 e. The van der Waals surface area contributed by atoms with Gasteiger partial charge in [0.15, 0.2) is 0 Å². The molecule has 1 heterocycles. The molecule has 0 aliphatic carbocycles. The highest BCUT2D eigenvalue weighted by Gasteiger charge is 2.10. The minimum atomic E-state index is -1.18. The fourth-order valence-corrected chi connectivity index (χ4v) is 1.55.